The molecule has 0 unspecified atom stereocenters. The Morgan fingerprint density at radius 1 is 1.22 bits per heavy atom. The molecule has 0 atom stereocenters. The summed E-state index contributed by atoms with van der Waals surface area (Å²) < 4.78 is 0. The van der Waals surface area contributed by atoms with Gasteiger partial charge in [0.25, 0.3) is 0 Å². The number of carbonyl (C=O) groups is 1. The van der Waals surface area contributed by atoms with E-state index < -0.39 is 0 Å². The Hall–Kier alpha value is -2.08. The number of aryl methyl sites for hydroxylation is 1. The number of nitrogens with zero attached hydrogens (tertiary/aromatic N) is 1. The van der Waals surface area contributed by atoms with Crippen molar-refractivity contribution in [2.45, 2.75) is 25.7 Å². The third kappa shape index (κ3) is 4.69. The van der Waals surface area contributed by atoms with Gasteiger partial charge in [-0.2, -0.15) is 0 Å². The molecule has 0 aromatic carbocycles. The molecule has 0 spiro atoms. The van der Waals surface area contributed by atoms with Crippen LogP contribution < -0.4 is 16.0 Å². The minimum absolute atomic E-state index is 0.113. The number of pyridine rings is 1. The lowest BCUT2D eigenvalue weighted by Crippen LogP contribution is -2.37. The molecule has 5 nitrogen and oxygen atoms in total. The molecule has 0 bridgehead atoms. The molecule has 3 heterocycles. The maximum atomic E-state index is 11.7. The largest absolute Gasteiger partial charge is 0.370 e. The molecule has 1 aliphatic heterocycles. The molecular weight excluding hydrogens is 308 g/mol. The summed E-state index contributed by atoms with van der Waals surface area (Å²) in [4.78, 5) is 17.7. The van der Waals surface area contributed by atoms with Crippen molar-refractivity contribution < 1.29 is 4.79 Å². The highest BCUT2D eigenvalue weighted by Crippen LogP contribution is 2.19. The van der Waals surface area contributed by atoms with E-state index in [1.54, 1.807) is 11.3 Å². The zero-order valence-electron chi connectivity index (χ0n) is 13.1. The van der Waals surface area contributed by atoms with Crippen LogP contribution in [-0.2, 0) is 19.3 Å². The first-order valence-electron chi connectivity index (χ1n) is 8.08. The van der Waals surface area contributed by atoms with Gasteiger partial charge in [0.1, 0.15) is 5.82 Å². The van der Waals surface area contributed by atoms with Crippen LogP contribution in [0.2, 0.25) is 0 Å². The Labute approximate surface area is 140 Å². The molecule has 6 heteroatoms. The summed E-state index contributed by atoms with van der Waals surface area (Å²) >= 11 is 1.71. The Balaban J connectivity index is 1.36. The molecule has 0 fully saturated rings. The van der Waals surface area contributed by atoms with E-state index in [1.807, 2.05) is 6.07 Å². The van der Waals surface area contributed by atoms with Gasteiger partial charge in [0.05, 0.1) is 0 Å². The van der Waals surface area contributed by atoms with Gasteiger partial charge in [0, 0.05) is 36.6 Å². The number of anilines is 1. The standard InChI is InChI=1S/C17H22N4OS/c22-17(20-11-8-15-4-2-12-23-15)19-10-7-14-6-5-13-3-1-9-18-16(13)21-14/h2,4-6,12H,1,3,7-11H2,(H,18,21)(H2,19,20,22). The lowest BCUT2D eigenvalue weighted by molar-refractivity contribution is 0.241. The van der Waals surface area contributed by atoms with E-state index in [2.05, 4.69) is 44.5 Å². The van der Waals surface area contributed by atoms with E-state index in [-0.39, 0.29) is 6.03 Å². The van der Waals surface area contributed by atoms with Crippen molar-refractivity contribution >= 4 is 23.2 Å². The fourth-order valence-electron chi connectivity index (χ4n) is 2.63. The fraction of sp³-hybridized carbons (Fsp3) is 0.412. The van der Waals surface area contributed by atoms with Gasteiger partial charge < -0.3 is 16.0 Å². The number of fused-ring (bicyclic) bond motifs is 1. The van der Waals surface area contributed by atoms with Gasteiger partial charge in [0.2, 0.25) is 0 Å². The van der Waals surface area contributed by atoms with Gasteiger partial charge in [-0.1, -0.05) is 12.1 Å². The van der Waals surface area contributed by atoms with Gasteiger partial charge >= 0.3 is 6.03 Å². The van der Waals surface area contributed by atoms with Gasteiger partial charge in [0.15, 0.2) is 0 Å². The first-order chi connectivity index (χ1) is 11.3. The Kier molecular flexibility index (Phi) is 5.47. The van der Waals surface area contributed by atoms with E-state index in [1.165, 1.54) is 16.9 Å². The summed E-state index contributed by atoms with van der Waals surface area (Å²) in [6.07, 6.45) is 3.89. The molecule has 3 N–H and O–H groups in total. The second-order valence-electron chi connectivity index (χ2n) is 5.60. The van der Waals surface area contributed by atoms with E-state index in [0.717, 1.165) is 37.3 Å². The number of hydrogen-bond acceptors (Lipinski definition) is 4. The van der Waals surface area contributed by atoms with E-state index in [9.17, 15) is 4.79 Å². The van der Waals surface area contributed by atoms with Crippen molar-refractivity contribution in [2.75, 3.05) is 25.0 Å². The van der Waals surface area contributed by atoms with Gasteiger partial charge in [-0.25, -0.2) is 9.78 Å². The van der Waals surface area contributed by atoms with Gasteiger partial charge in [-0.15, -0.1) is 11.3 Å². The monoisotopic (exact) mass is 330 g/mol. The first kappa shape index (κ1) is 15.8. The summed E-state index contributed by atoms with van der Waals surface area (Å²) in [5.74, 6) is 1.01. The highest BCUT2D eigenvalue weighted by Gasteiger charge is 2.10. The summed E-state index contributed by atoms with van der Waals surface area (Å²) in [6, 6.07) is 8.20. The van der Waals surface area contributed by atoms with Crippen molar-refractivity contribution in [3.05, 3.63) is 45.8 Å². The minimum atomic E-state index is -0.113. The van der Waals surface area contributed by atoms with Crippen molar-refractivity contribution in [1.29, 1.82) is 0 Å². The number of urea groups is 1. The zero-order valence-corrected chi connectivity index (χ0v) is 13.9. The fourth-order valence-corrected chi connectivity index (χ4v) is 3.34. The quantitative estimate of drug-likeness (QED) is 0.763. The van der Waals surface area contributed by atoms with Crippen molar-refractivity contribution in [3.8, 4) is 0 Å². The van der Waals surface area contributed by atoms with Crippen LogP contribution in [-0.4, -0.2) is 30.6 Å². The lowest BCUT2D eigenvalue weighted by atomic mass is 10.1. The molecule has 2 aromatic heterocycles. The molecule has 2 amide bonds. The van der Waals surface area contributed by atoms with Crippen LogP contribution in [0, 0.1) is 0 Å². The van der Waals surface area contributed by atoms with E-state index in [0.29, 0.717) is 13.1 Å². The molecule has 0 saturated heterocycles. The van der Waals surface area contributed by atoms with Gasteiger partial charge in [-0.05, 0) is 42.3 Å². The molecule has 122 valence electrons. The Bertz CT molecular complexity index is 642. The number of hydrogen-bond donors (Lipinski definition) is 3. The van der Waals surface area contributed by atoms with Crippen molar-refractivity contribution in [3.63, 3.8) is 0 Å². The average Bonchev–Trinajstić information content (AvgIpc) is 3.08. The maximum absolute atomic E-state index is 11.7. The van der Waals surface area contributed by atoms with Crippen LogP contribution in [0.4, 0.5) is 10.6 Å². The van der Waals surface area contributed by atoms with Crippen LogP contribution in [0.3, 0.4) is 0 Å². The number of thiophene rings is 1. The second-order valence-corrected chi connectivity index (χ2v) is 6.63. The van der Waals surface area contributed by atoms with Crippen LogP contribution in [0.5, 0.6) is 0 Å². The number of amides is 2. The maximum Gasteiger partial charge on any atom is 0.314 e. The molecule has 2 aromatic rings. The summed E-state index contributed by atoms with van der Waals surface area (Å²) in [5.41, 5.74) is 2.30. The third-order valence-corrected chi connectivity index (χ3v) is 4.79. The van der Waals surface area contributed by atoms with Crippen LogP contribution in [0.15, 0.2) is 29.6 Å². The highest BCUT2D eigenvalue weighted by molar-refractivity contribution is 7.09. The molecule has 23 heavy (non-hydrogen) atoms. The average molecular weight is 330 g/mol. The zero-order chi connectivity index (χ0) is 15.9. The second kappa shape index (κ2) is 7.97. The Morgan fingerprint density at radius 3 is 2.91 bits per heavy atom. The minimum Gasteiger partial charge on any atom is -0.370 e. The predicted molar refractivity (Wildman–Crippen MR) is 94.2 cm³/mol. The topological polar surface area (TPSA) is 66.0 Å². The van der Waals surface area contributed by atoms with Crippen LogP contribution in [0.25, 0.3) is 0 Å². The number of nitrogens with one attached hydrogen (secondary N) is 3. The predicted octanol–water partition coefficient (Wildman–Crippen LogP) is 2.59. The van der Waals surface area contributed by atoms with Crippen LogP contribution >= 0.6 is 11.3 Å². The van der Waals surface area contributed by atoms with Gasteiger partial charge in [-0.3, -0.25) is 0 Å². The number of aromatic nitrogens is 1. The molecule has 0 saturated carbocycles. The lowest BCUT2D eigenvalue weighted by Gasteiger charge is -2.17. The third-order valence-electron chi connectivity index (χ3n) is 3.86. The summed E-state index contributed by atoms with van der Waals surface area (Å²) in [6.45, 7) is 2.25. The molecule has 0 aliphatic carbocycles. The smallest absolute Gasteiger partial charge is 0.314 e. The SMILES string of the molecule is O=C(NCCc1ccc2c(n1)NCCC2)NCCc1cccs1. The number of rotatable bonds is 6. The van der Waals surface area contributed by atoms with E-state index >= 15 is 0 Å². The molecule has 0 radical (unpaired) electrons. The summed E-state index contributed by atoms with van der Waals surface area (Å²) in [7, 11) is 0. The Morgan fingerprint density at radius 2 is 2.09 bits per heavy atom. The van der Waals surface area contributed by atoms with Crippen molar-refractivity contribution in [1.82, 2.24) is 15.6 Å². The first-order valence-corrected chi connectivity index (χ1v) is 8.96. The van der Waals surface area contributed by atoms with Crippen molar-refractivity contribution in [2.24, 2.45) is 0 Å². The molecule has 3 rings (SSSR count). The molecular formula is C17H22N4OS. The summed E-state index contributed by atoms with van der Waals surface area (Å²) in [5, 5.41) is 11.2. The number of carbonyl (C=O) groups excluding carboxylic acids is 1. The van der Waals surface area contributed by atoms with E-state index in [4.69, 9.17) is 0 Å². The van der Waals surface area contributed by atoms with Crippen LogP contribution in [0.1, 0.15) is 22.6 Å². The normalized spacial score (nSPS) is 13.0. The highest BCUT2D eigenvalue weighted by atomic mass is 32.1. The molecule has 1 aliphatic rings.